The van der Waals surface area contributed by atoms with Gasteiger partial charge in [-0.15, -0.1) is 0 Å². The van der Waals surface area contributed by atoms with Gasteiger partial charge in [0.1, 0.15) is 12.4 Å². The molecule has 0 saturated carbocycles. The highest BCUT2D eigenvalue weighted by molar-refractivity contribution is 7.99. The molecule has 4 nitrogen and oxygen atoms in total. The fraction of sp³-hybridized carbons (Fsp3) is 0.409. The summed E-state index contributed by atoms with van der Waals surface area (Å²) in [6.07, 6.45) is 0. The van der Waals surface area contributed by atoms with E-state index in [9.17, 15) is 4.79 Å². The molecule has 2 aromatic carbocycles. The van der Waals surface area contributed by atoms with Gasteiger partial charge in [0, 0.05) is 36.7 Å². The van der Waals surface area contributed by atoms with Gasteiger partial charge in [-0.1, -0.05) is 30.3 Å². The minimum absolute atomic E-state index is 0.0546. The van der Waals surface area contributed by atoms with E-state index in [-0.39, 0.29) is 5.91 Å². The Hall–Kier alpha value is -1.98. The molecule has 27 heavy (non-hydrogen) atoms. The van der Waals surface area contributed by atoms with Crippen molar-refractivity contribution in [2.45, 2.75) is 20.4 Å². The van der Waals surface area contributed by atoms with Gasteiger partial charge in [0.2, 0.25) is 0 Å². The molecule has 0 bridgehead atoms. The number of carbonyl (C=O) groups excluding carboxylic acids is 1. The number of nitrogens with zero attached hydrogens (tertiary/aromatic N) is 1. The number of hydrogen-bond acceptors (Lipinski definition) is 4. The number of carbonyl (C=O) groups is 1. The van der Waals surface area contributed by atoms with Crippen molar-refractivity contribution in [1.29, 1.82) is 0 Å². The number of rotatable bonds is 7. The van der Waals surface area contributed by atoms with Gasteiger partial charge in [-0.3, -0.25) is 9.69 Å². The van der Waals surface area contributed by atoms with Gasteiger partial charge in [-0.25, -0.2) is 0 Å². The number of hydrogen-bond donors (Lipinski definition) is 1. The van der Waals surface area contributed by atoms with Gasteiger partial charge in [0.15, 0.2) is 0 Å². The fourth-order valence-electron chi connectivity index (χ4n) is 3.23. The summed E-state index contributed by atoms with van der Waals surface area (Å²) >= 11 is 2.02. The first-order chi connectivity index (χ1) is 13.1. The van der Waals surface area contributed by atoms with Crippen LogP contribution >= 0.6 is 11.8 Å². The third-order valence-electron chi connectivity index (χ3n) is 4.77. The molecule has 1 N–H and O–H groups in total. The Balaban J connectivity index is 1.44. The lowest BCUT2D eigenvalue weighted by molar-refractivity contribution is 0.0947. The molecule has 1 fully saturated rings. The average Bonchev–Trinajstić information content (AvgIpc) is 2.68. The molecule has 3 rings (SSSR count). The van der Waals surface area contributed by atoms with Crippen molar-refractivity contribution in [2.75, 3.05) is 37.7 Å². The normalized spacial score (nSPS) is 14.7. The molecular weight excluding hydrogens is 356 g/mol. The maximum absolute atomic E-state index is 12.3. The lowest BCUT2D eigenvalue weighted by atomic mass is 10.1. The number of ether oxygens (including phenoxy) is 1. The zero-order chi connectivity index (χ0) is 19.1. The molecule has 0 radical (unpaired) electrons. The fourth-order valence-corrected chi connectivity index (χ4v) is 4.20. The van der Waals surface area contributed by atoms with Crippen molar-refractivity contribution < 1.29 is 9.53 Å². The molecule has 0 atom stereocenters. The topological polar surface area (TPSA) is 41.6 Å². The smallest absolute Gasteiger partial charge is 0.251 e. The van der Waals surface area contributed by atoms with Crippen molar-refractivity contribution in [3.8, 4) is 5.75 Å². The first-order valence-electron chi connectivity index (χ1n) is 9.50. The van der Waals surface area contributed by atoms with Crippen LogP contribution in [0.1, 0.15) is 27.0 Å². The zero-order valence-corrected chi connectivity index (χ0v) is 17.0. The van der Waals surface area contributed by atoms with Crippen LogP contribution in [0.2, 0.25) is 0 Å². The first kappa shape index (κ1) is 19.8. The Morgan fingerprint density at radius 1 is 1.07 bits per heavy atom. The van der Waals surface area contributed by atoms with E-state index in [2.05, 4.69) is 22.3 Å². The monoisotopic (exact) mass is 384 g/mol. The molecule has 1 aliphatic rings. The maximum atomic E-state index is 12.3. The third-order valence-corrected chi connectivity index (χ3v) is 5.71. The van der Waals surface area contributed by atoms with Crippen LogP contribution in [0.15, 0.2) is 42.5 Å². The summed E-state index contributed by atoms with van der Waals surface area (Å²) in [5.74, 6) is 3.28. The molecule has 144 valence electrons. The summed E-state index contributed by atoms with van der Waals surface area (Å²) in [5, 5.41) is 2.93. The number of amides is 1. The van der Waals surface area contributed by atoms with Crippen LogP contribution in [-0.2, 0) is 6.54 Å². The van der Waals surface area contributed by atoms with Gasteiger partial charge in [-0.2, -0.15) is 11.8 Å². The van der Waals surface area contributed by atoms with Crippen LogP contribution in [0.5, 0.6) is 5.75 Å². The highest BCUT2D eigenvalue weighted by atomic mass is 32.2. The summed E-state index contributed by atoms with van der Waals surface area (Å²) in [4.78, 5) is 14.8. The first-order valence-corrected chi connectivity index (χ1v) is 10.7. The number of thioether (sulfide) groups is 1. The molecule has 0 spiro atoms. The molecule has 1 heterocycles. The Bertz CT molecular complexity index is 735. The van der Waals surface area contributed by atoms with E-state index in [0.717, 1.165) is 36.5 Å². The van der Waals surface area contributed by atoms with Gasteiger partial charge >= 0.3 is 0 Å². The van der Waals surface area contributed by atoms with Crippen LogP contribution in [0.4, 0.5) is 0 Å². The van der Waals surface area contributed by atoms with E-state index in [0.29, 0.717) is 18.7 Å². The van der Waals surface area contributed by atoms with Crippen molar-refractivity contribution in [2.24, 2.45) is 0 Å². The lowest BCUT2D eigenvalue weighted by Gasteiger charge is -2.26. The molecule has 0 aliphatic carbocycles. The molecule has 0 aromatic heterocycles. The highest BCUT2D eigenvalue weighted by Gasteiger charge is 2.11. The minimum atomic E-state index is -0.0546. The van der Waals surface area contributed by atoms with Crippen molar-refractivity contribution in [3.05, 3.63) is 64.7 Å². The zero-order valence-electron chi connectivity index (χ0n) is 16.2. The van der Waals surface area contributed by atoms with Gasteiger partial charge in [-0.05, 0) is 42.7 Å². The predicted molar refractivity (Wildman–Crippen MR) is 113 cm³/mol. The SMILES string of the molecule is Cc1cccc(C)c1OCCNC(=O)c1ccc(CN2CCSCC2)cc1. The largest absolute Gasteiger partial charge is 0.491 e. The average molecular weight is 385 g/mol. The number of nitrogens with one attached hydrogen (secondary N) is 1. The van der Waals surface area contributed by atoms with Crippen molar-refractivity contribution >= 4 is 17.7 Å². The highest BCUT2D eigenvalue weighted by Crippen LogP contribution is 2.22. The van der Waals surface area contributed by atoms with Crippen LogP contribution in [0.3, 0.4) is 0 Å². The summed E-state index contributed by atoms with van der Waals surface area (Å²) in [5.41, 5.74) is 4.19. The van der Waals surface area contributed by atoms with Crippen LogP contribution < -0.4 is 10.1 Å². The van der Waals surface area contributed by atoms with Crippen molar-refractivity contribution in [1.82, 2.24) is 10.2 Å². The second-order valence-corrected chi connectivity index (χ2v) is 8.14. The van der Waals surface area contributed by atoms with E-state index in [4.69, 9.17) is 4.74 Å². The van der Waals surface area contributed by atoms with E-state index in [1.807, 2.05) is 55.9 Å². The summed E-state index contributed by atoms with van der Waals surface area (Å²) < 4.78 is 5.84. The Morgan fingerprint density at radius 3 is 2.41 bits per heavy atom. The molecule has 1 saturated heterocycles. The number of benzene rings is 2. The molecular formula is C22H28N2O2S. The lowest BCUT2D eigenvalue weighted by Crippen LogP contribution is -2.32. The van der Waals surface area contributed by atoms with E-state index >= 15 is 0 Å². The number of aryl methyl sites for hydroxylation is 2. The quantitative estimate of drug-likeness (QED) is 0.740. The second kappa shape index (κ2) is 9.81. The summed E-state index contributed by atoms with van der Waals surface area (Å²) in [6, 6.07) is 14.0. The molecule has 2 aromatic rings. The molecule has 1 aliphatic heterocycles. The standard InChI is InChI=1S/C22H28N2O2S/c1-17-4-3-5-18(2)21(17)26-13-10-23-22(25)20-8-6-19(7-9-20)16-24-11-14-27-15-12-24/h3-9H,10-16H2,1-2H3,(H,23,25). The maximum Gasteiger partial charge on any atom is 0.251 e. The Kier molecular flexibility index (Phi) is 7.18. The van der Waals surface area contributed by atoms with Crippen molar-refractivity contribution in [3.63, 3.8) is 0 Å². The van der Waals surface area contributed by atoms with Gasteiger partial charge in [0.05, 0.1) is 6.54 Å². The van der Waals surface area contributed by atoms with Crippen LogP contribution in [-0.4, -0.2) is 48.6 Å². The van der Waals surface area contributed by atoms with Crippen LogP contribution in [0.25, 0.3) is 0 Å². The van der Waals surface area contributed by atoms with Crippen LogP contribution in [0, 0.1) is 13.8 Å². The number of para-hydroxylation sites is 1. The van der Waals surface area contributed by atoms with Gasteiger partial charge in [0.25, 0.3) is 5.91 Å². The van der Waals surface area contributed by atoms with Gasteiger partial charge < -0.3 is 10.1 Å². The van der Waals surface area contributed by atoms with E-state index < -0.39 is 0 Å². The van der Waals surface area contributed by atoms with E-state index in [1.165, 1.54) is 17.1 Å². The molecule has 1 amide bonds. The summed E-state index contributed by atoms with van der Waals surface area (Å²) in [6.45, 7) is 8.27. The Morgan fingerprint density at radius 2 is 1.74 bits per heavy atom. The Labute approximate surface area is 166 Å². The summed E-state index contributed by atoms with van der Waals surface area (Å²) in [7, 11) is 0. The van der Waals surface area contributed by atoms with E-state index in [1.54, 1.807) is 0 Å². The minimum Gasteiger partial charge on any atom is -0.491 e. The molecule has 0 unspecified atom stereocenters. The third kappa shape index (κ3) is 5.75. The second-order valence-electron chi connectivity index (χ2n) is 6.91. The predicted octanol–water partition coefficient (Wildman–Crippen LogP) is 3.66. The molecule has 5 heteroatoms.